The van der Waals surface area contributed by atoms with E-state index in [-0.39, 0.29) is 12.5 Å². The van der Waals surface area contributed by atoms with Crippen molar-refractivity contribution in [3.05, 3.63) is 90.0 Å². The number of nitrogens with one attached hydrogen (secondary N) is 1. The van der Waals surface area contributed by atoms with Crippen LogP contribution in [0.1, 0.15) is 22.8 Å². The number of carbonyl (C=O) groups is 1. The quantitative estimate of drug-likeness (QED) is 0.698. The highest BCUT2D eigenvalue weighted by molar-refractivity contribution is 5.96. The summed E-state index contributed by atoms with van der Waals surface area (Å²) in [6.45, 7) is 1.78. The largest absolute Gasteiger partial charge is 0.496 e. The number of hydrogen-bond donors (Lipinski definition) is 2. The van der Waals surface area contributed by atoms with E-state index >= 15 is 0 Å². The first-order chi connectivity index (χ1) is 13.0. The molecule has 0 aliphatic heterocycles. The van der Waals surface area contributed by atoms with Crippen molar-refractivity contribution in [3.8, 4) is 16.9 Å². The number of methoxy groups -OCH3 is 1. The van der Waals surface area contributed by atoms with Crippen LogP contribution >= 0.6 is 0 Å². The molecule has 4 heteroatoms. The van der Waals surface area contributed by atoms with E-state index in [0.29, 0.717) is 11.3 Å². The molecule has 2 N–H and O–H groups in total. The summed E-state index contributed by atoms with van der Waals surface area (Å²) in [6.07, 6.45) is 0. The molecule has 1 unspecified atom stereocenters. The minimum Gasteiger partial charge on any atom is -0.496 e. The molecule has 0 spiro atoms. The van der Waals surface area contributed by atoms with Crippen LogP contribution in [0.4, 0.5) is 0 Å². The van der Waals surface area contributed by atoms with Gasteiger partial charge >= 0.3 is 0 Å². The minimum absolute atomic E-state index is 0.0918. The van der Waals surface area contributed by atoms with Crippen LogP contribution < -0.4 is 10.1 Å². The molecule has 0 aliphatic rings. The van der Waals surface area contributed by atoms with Crippen LogP contribution in [0.25, 0.3) is 11.1 Å². The highest BCUT2D eigenvalue weighted by atomic mass is 16.5. The molecule has 0 bridgehead atoms. The number of aliphatic hydroxyl groups is 1. The van der Waals surface area contributed by atoms with E-state index in [9.17, 15) is 9.90 Å². The lowest BCUT2D eigenvalue weighted by molar-refractivity contribution is 0.0525. The van der Waals surface area contributed by atoms with Crippen molar-refractivity contribution in [2.24, 2.45) is 0 Å². The molecule has 0 saturated heterocycles. The number of carbonyl (C=O) groups excluding carboxylic acids is 1. The Morgan fingerprint density at radius 3 is 2.19 bits per heavy atom. The summed E-state index contributed by atoms with van der Waals surface area (Å²) in [5.41, 5.74) is 2.19. The molecule has 0 radical (unpaired) electrons. The van der Waals surface area contributed by atoms with Gasteiger partial charge in [0.15, 0.2) is 0 Å². The number of benzene rings is 3. The van der Waals surface area contributed by atoms with E-state index in [0.717, 1.165) is 16.7 Å². The Bertz CT molecular complexity index is 902. The predicted octanol–water partition coefficient (Wildman–Crippen LogP) is 4.00. The van der Waals surface area contributed by atoms with Crippen LogP contribution in [0.5, 0.6) is 5.75 Å². The second-order valence-electron chi connectivity index (χ2n) is 6.60. The van der Waals surface area contributed by atoms with Crippen molar-refractivity contribution >= 4 is 5.91 Å². The summed E-state index contributed by atoms with van der Waals surface area (Å²) in [6, 6.07) is 24.8. The van der Waals surface area contributed by atoms with Crippen LogP contribution in [-0.4, -0.2) is 24.7 Å². The van der Waals surface area contributed by atoms with Gasteiger partial charge in [0.25, 0.3) is 5.91 Å². The third-order valence-corrected chi connectivity index (χ3v) is 4.56. The fraction of sp³-hybridized carbons (Fsp3) is 0.174. The molecule has 0 saturated carbocycles. The highest BCUT2D eigenvalue weighted by Gasteiger charge is 2.24. The normalized spacial score (nSPS) is 12.9. The topological polar surface area (TPSA) is 58.6 Å². The maximum absolute atomic E-state index is 12.4. The van der Waals surface area contributed by atoms with E-state index in [1.54, 1.807) is 31.2 Å². The zero-order valence-electron chi connectivity index (χ0n) is 15.5. The molecule has 3 rings (SSSR count). The van der Waals surface area contributed by atoms with Crippen LogP contribution in [-0.2, 0) is 5.60 Å². The van der Waals surface area contributed by atoms with Gasteiger partial charge in [-0.05, 0) is 35.7 Å². The first-order valence-electron chi connectivity index (χ1n) is 8.81. The third-order valence-electron chi connectivity index (χ3n) is 4.56. The van der Waals surface area contributed by atoms with Crippen LogP contribution in [0.15, 0.2) is 78.9 Å². The maximum Gasteiger partial charge on any atom is 0.255 e. The lowest BCUT2D eigenvalue weighted by Crippen LogP contribution is -2.38. The zero-order chi connectivity index (χ0) is 19.3. The van der Waals surface area contributed by atoms with Crippen LogP contribution in [0.2, 0.25) is 0 Å². The number of ether oxygens (including phenoxy) is 1. The molecular weight excluding hydrogens is 338 g/mol. The van der Waals surface area contributed by atoms with Gasteiger partial charge in [0.1, 0.15) is 11.4 Å². The van der Waals surface area contributed by atoms with Crippen LogP contribution in [0, 0.1) is 0 Å². The molecule has 0 heterocycles. The molecule has 27 heavy (non-hydrogen) atoms. The summed E-state index contributed by atoms with van der Waals surface area (Å²) in [5.74, 6) is 0.218. The maximum atomic E-state index is 12.4. The molecular formula is C23H23NO3. The Kier molecular flexibility index (Phi) is 5.57. The lowest BCUT2D eigenvalue weighted by Gasteiger charge is -2.24. The molecule has 0 fully saturated rings. The summed E-state index contributed by atoms with van der Waals surface area (Å²) < 4.78 is 5.21. The average molecular weight is 361 g/mol. The van der Waals surface area contributed by atoms with E-state index in [1.165, 1.54) is 7.11 Å². The molecule has 138 valence electrons. The standard InChI is InChI=1S/C23H23NO3/c1-23(26,16-24-22(25)20-10-6-7-11-21(20)27-2)19-14-12-18(13-15-19)17-8-4-3-5-9-17/h3-15,26H,16H2,1-2H3,(H,24,25). The SMILES string of the molecule is COc1ccccc1C(=O)NCC(C)(O)c1ccc(-c2ccccc2)cc1. The van der Waals surface area contributed by atoms with E-state index < -0.39 is 5.60 Å². The van der Waals surface area contributed by atoms with E-state index in [2.05, 4.69) is 5.32 Å². The Labute approximate surface area is 159 Å². The Morgan fingerprint density at radius 1 is 0.926 bits per heavy atom. The van der Waals surface area contributed by atoms with Crippen molar-refractivity contribution in [2.45, 2.75) is 12.5 Å². The van der Waals surface area contributed by atoms with Gasteiger partial charge in [0, 0.05) is 0 Å². The summed E-state index contributed by atoms with van der Waals surface area (Å²) in [5, 5.41) is 13.6. The molecule has 0 aromatic heterocycles. The third kappa shape index (κ3) is 4.36. The van der Waals surface area contributed by atoms with Gasteiger partial charge in [-0.1, -0.05) is 66.7 Å². The number of hydrogen-bond acceptors (Lipinski definition) is 3. The predicted molar refractivity (Wildman–Crippen MR) is 107 cm³/mol. The van der Waals surface area contributed by atoms with E-state index in [4.69, 9.17) is 4.74 Å². The molecule has 0 aliphatic carbocycles. The second-order valence-corrected chi connectivity index (χ2v) is 6.60. The highest BCUT2D eigenvalue weighted by Crippen LogP contribution is 2.25. The summed E-state index contributed by atoms with van der Waals surface area (Å²) in [7, 11) is 1.52. The van der Waals surface area contributed by atoms with Crippen molar-refractivity contribution in [3.63, 3.8) is 0 Å². The van der Waals surface area contributed by atoms with Crippen molar-refractivity contribution in [1.29, 1.82) is 0 Å². The number of para-hydroxylation sites is 1. The average Bonchev–Trinajstić information content (AvgIpc) is 2.73. The van der Waals surface area contributed by atoms with Gasteiger partial charge in [-0.2, -0.15) is 0 Å². The van der Waals surface area contributed by atoms with Crippen molar-refractivity contribution in [2.75, 3.05) is 13.7 Å². The molecule has 3 aromatic carbocycles. The van der Waals surface area contributed by atoms with Gasteiger partial charge < -0.3 is 15.2 Å². The van der Waals surface area contributed by atoms with Gasteiger partial charge in [0.05, 0.1) is 19.2 Å². The smallest absolute Gasteiger partial charge is 0.255 e. The first kappa shape index (κ1) is 18.7. The van der Waals surface area contributed by atoms with Crippen molar-refractivity contribution < 1.29 is 14.6 Å². The first-order valence-corrected chi connectivity index (χ1v) is 8.81. The Hall–Kier alpha value is -3.11. The second kappa shape index (κ2) is 8.06. The fourth-order valence-electron chi connectivity index (χ4n) is 2.93. The zero-order valence-corrected chi connectivity index (χ0v) is 15.5. The molecule has 3 aromatic rings. The number of amides is 1. The Balaban J connectivity index is 1.70. The fourth-order valence-corrected chi connectivity index (χ4v) is 2.93. The minimum atomic E-state index is -1.19. The molecule has 1 amide bonds. The lowest BCUT2D eigenvalue weighted by atomic mass is 9.93. The van der Waals surface area contributed by atoms with Crippen molar-refractivity contribution in [1.82, 2.24) is 5.32 Å². The summed E-state index contributed by atoms with van der Waals surface area (Å²) in [4.78, 5) is 12.4. The number of rotatable bonds is 6. The van der Waals surface area contributed by atoms with Gasteiger partial charge in [0.2, 0.25) is 0 Å². The van der Waals surface area contributed by atoms with Gasteiger partial charge in [-0.25, -0.2) is 0 Å². The summed E-state index contributed by atoms with van der Waals surface area (Å²) >= 11 is 0. The monoisotopic (exact) mass is 361 g/mol. The molecule has 1 atom stereocenters. The van der Waals surface area contributed by atoms with Gasteiger partial charge in [-0.3, -0.25) is 4.79 Å². The van der Waals surface area contributed by atoms with Gasteiger partial charge in [-0.15, -0.1) is 0 Å². The van der Waals surface area contributed by atoms with E-state index in [1.807, 2.05) is 54.6 Å². The Morgan fingerprint density at radius 2 is 1.52 bits per heavy atom. The molecule has 4 nitrogen and oxygen atoms in total. The van der Waals surface area contributed by atoms with Crippen LogP contribution in [0.3, 0.4) is 0 Å².